The number of likely N-dealkylation sites (tertiary alicyclic amines) is 1. The van der Waals surface area contributed by atoms with Crippen molar-refractivity contribution in [3.05, 3.63) is 11.1 Å². The van der Waals surface area contributed by atoms with Gasteiger partial charge in [-0.1, -0.05) is 0 Å². The summed E-state index contributed by atoms with van der Waals surface area (Å²) in [5, 5.41) is 2.86. The highest BCUT2D eigenvalue weighted by atomic mass is 32.1. The minimum absolute atomic E-state index is 0.0489. The summed E-state index contributed by atoms with van der Waals surface area (Å²) in [7, 11) is 0. The Hall–Kier alpha value is -0.980. The minimum Gasteiger partial charge on any atom is -0.330 e. The lowest BCUT2D eigenvalue weighted by molar-refractivity contribution is -0.116. The summed E-state index contributed by atoms with van der Waals surface area (Å²) in [4.78, 5) is 20.1. The molecule has 1 amide bonds. The van der Waals surface area contributed by atoms with Crippen LogP contribution in [0, 0.1) is 5.92 Å². The van der Waals surface area contributed by atoms with Crippen molar-refractivity contribution in [2.45, 2.75) is 26.8 Å². The molecule has 1 aromatic heterocycles. The lowest BCUT2D eigenvalue weighted by Crippen LogP contribution is -2.28. The molecule has 1 aliphatic rings. The highest BCUT2D eigenvalue weighted by Crippen LogP contribution is 2.23. The number of aromatic nitrogens is 1. The third kappa shape index (κ3) is 3.52. The Morgan fingerprint density at radius 1 is 1.68 bits per heavy atom. The molecule has 0 spiro atoms. The van der Waals surface area contributed by atoms with Gasteiger partial charge in [0.05, 0.1) is 5.69 Å². The van der Waals surface area contributed by atoms with Crippen molar-refractivity contribution in [2.24, 2.45) is 11.7 Å². The first-order valence-electron chi connectivity index (χ1n) is 6.79. The number of hydrogen-bond acceptors (Lipinski definition) is 5. The van der Waals surface area contributed by atoms with Gasteiger partial charge in [-0.15, -0.1) is 11.3 Å². The molecule has 1 unspecified atom stereocenters. The molecule has 106 valence electrons. The van der Waals surface area contributed by atoms with Crippen molar-refractivity contribution in [1.29, 1.82) is 0 Å². The van der Waals surface area contributed by atoms with Gasteiger partial charge in [-0.3, -0.25) is 14.6 Å². The largest absolute Gasteiger partial charge is 0.330 e. The number of nitrogens with two attached hydrogens (primary N) is 1. The average molecular weight is 282 g/mol. The first kappa shape index (κ1) is 14.4. The zero-order chi connectivity index (χ0) is 13.8. The van der Waals surface area contributed by atoms with Crippen LogP contribution >= 0.6 is 11.3 Å². The van der Waals surface area contributed by atoms with Crippen molar-refractivity contribution in [3.8, 4) is 0 Å². The second-order valence-corrected chi connectivity index (χ2v) is 5.85. The standard InChI is InChI=1S/C13H22N4OS/c1-3-17(10(2)18)13-15-12(9-19-13)8-16-5-4-11(6-14)7-16/h9,11H,3-8,14H2,1-2H3. The van der Waals surface area contributed by atoms with Crippen LogP contribution in [0.15, 0.2) is 5.38 Å². The molecular weight excluding hydrogens is 260 g/mol. The number of nitrogens with zero attached hydrogens (tertiary/aromatic N) is 3. The summed E-state index contributed by atoms with van der Waals surface area (Å²) in [6.07, 6.45) is 1.18. The Bertz CT molecular complexity index is 434. The fourth-order valence-electron chi connectivity index (χ4n) is 2.46. The fraction of sp³-hybridized carbons (Fsp3) is 0.692. The van der Waals surface area contributed by atoms with Crippen LogP contribution in [0.4, 0.5) is 5.13 Å². The number of carbonyl (C=O) groups is 1. The molecule has 0 aliphatic carbocycles. The monoisotopic (exact) mass is 282 g/mol. The van der Waals surface area contributed by atoms with Gasteiger partial charge in [0.2, 0.25) is 5.91 Å². The summed E-state index contributed by atoms with van der Waals surface area (Å²) in [6, 6.07) is 0. The number of thiazole rings is 1. The van der Waals surface area contributed by atoms with E-state index in [4.69, 9.17) is 5.73 Å². The first-order chi connectivity index (χ1) is 9.13. The van der Waals surface area contributed by atoms with Crippen molar-refractivity contribution >= 4 is 22.4 Å². The van der Waals surface area contributed by atoms with Gasteiger partial charge in [0.15, 0.2) is 5.13 Å². The molecule has 0 saturated carbocycles. The lowest BCUT2D eigenvalue weighted by Gasteiger charge is -2.15. The summed E-state index contributed by atoms with van der Waals surface area (Å²) in [5.41, 5.74) is 6.75. The summed E-state index contributed by atoms with van der Waals surface area (Å²) >= 11 is 1.54. The van der Waals surface area contributed by atoms with Gasteiger partial charge >= 0.3 is 0 Å². The van der Waals surface area contributed by atoms with Crippen molar-refractivity contribution in [2.75, 3.05) is 31.1 Å². The normalized spacial score (nSPS) is 19.8. The Morgan fingerprint density at radius 2 is 2.47 bits per heavy atom. The lowest BCUT2D eigenvalue weighted by atomic mass is 10.1. The molecule has 19 heavy (non-hydrogen) atoms. The zero-order valence-electron chi connectivity index (χ0n) is 11.6. The maximum atomic E-state index is 11.5. The Balaban J connectivity index is 1.96. The highest BCUT2D eigenvalue weighted by Gasteiger charge is 2.22. The summed E-state index contributed by atoms with van der Waals surface area (Å²) < 4.78 is 0. The Labute approximate surface area is 118 Å². The van der Waals surface area contributed by atoms with Crippen molar-refractivity contribution in [1.82, 2.24) is 9.88 Å². The van der Waals surface area contributed by atoms with Gasteiger partial charge in [0, 0.05) is 31.9 Å². The molecular formula is C13H22N4OS. The Kier molecular flexibility index (Phi) is 4.90. The topological polar surface area (TPSA) is 62.5 Å². The van der Waals surface area contributed by atoms with E-state index in [0.29, 0.717) is 12.5 Å². The number of carbonyl (C=O) groups excluding carboxylic acids is 1. The fourth-order valence-corrected chi connectivity index (χ4v) is 3.39. The van der Waals surface area contributed by atoms with Gasteiger partial charge in [0.1, 0.15) is 0 Å². The SMILES string of the molecule is CCN(C(C)=O)c1nc(CN2CCC(CN)C2)cs1. The highest BCUT2D eigenvalue weighted by molar-refractivity contribution is 7.14. The predicted molar refractivity (Wildman–Crippen MR) is 78.3 cm³/mol. The van der Waals surface area contributed by atoms with Gasteiger partial charge < -0.3 is 5.73 Å². The van der Waals surface area contributed by atoms with E-state index in [2.05, 4.69) is 15.3 Å². The number of rotatable bonds is 5. The molecule has 1 fully saturated rings. The predicted octanol–water partition coefficient (Wildman–Crippen LogP) is 1.30. The molecule has 2 N–H and O–H groups in total. The molecule has 6 heteroatoms. The van der Waals surface area contributed by atoms with Gasteiger partial charge in [0.25, 0.3) is 0 Å². The third-order valence-electron chi connectivity index (χ3n) is 3.56. The van der Waals surface area contributed by atoms with Crippen LogP contribution < -0.4 is 10.6 Å². The van der Waals surface area contributed by atoms with Gasteiger partial charge in [-0.2, -0.15) is 0 Å². The molecule has 0 bridgehead atoms. The van der Waals surface area contributed by atoms with Crippen LogP contribution in [-0.4, -0.2) is 42.0 Å². The van der Waals surface area contributed by atoms with Crippen LogP contribution in [0.1, 0.15) is 26.0 Å². The number of anilines is 1. The van der Waals surface area contributed by atoms with Crippen molar-refractivity contribution in [3.63, 3.8) is 0 Å². The van der Waals surface area contributed by atoms with E-state index < -0.39 is 0 Å². The minimum atomic E-state index is 0.0489. The molecule has 1 saturated heterocycles. The maximum Gasteiger partial charge on any atom is 0.225 e. The molecule has 1 aromatic rings. The quantitative estimate of drug-likeness (QED) is 0.884. The van der Waals surface area contributed by atoms with Crippen LogP contribution in [0.2, 0.25) is 0 Å². The van der Waals surface area contributed by atoms with Crippen LogP contribution in [0.3, 0.4) is 0 Å². The smallest absolute Gasteiger partial charge is 0.225 e. The van der Waals surface area contributed by atoms with E-state index in [0.717, 1.165) is 37.0 Å². The molecule has 5 nitrogen and oxygen atoms in total. The van der Waals surface area contributed by atoms with Gasteiger partial charge in [-0.25, -0.2) is 4.98 Å². The molecule has 0 aromatic carbocycles. The second-order valence-electron chi connectivity index (χ2n) is 5.01. The van der Waals surface area contributed by atoms with E-state index >= 15 is 0 Å². The summed E-state index contributed by atoms with van der Waals surface area (Å²) in [5.74, 6) is 0.676. The van der Waals surface area contributed by atoms with Crippen LogP contribution in [-0.2, 0) is 11.3 Å². The molecule has 1 atom stereocenters. The Morgan fingerprint density at radius 3 is 3.05 bits per heavy atom. The maximum absolute atomic E-state index is 11.5. The number of hydrogen-bond donors (Lipinski definition) is 1. The van der Waals surface area contributed by atoms with Crippen LogP contribution in [0.25, 0.3) is 0 Å². The first-order valence-corrected chi connectivity index (χ1v) is 7.67. The molecule has 2 heterocycles. The van der Waals surface area contributed by atoms with Crippen LogP contribution in [0.5, 0.6) is 0 Å². The van der Waals surface area contributed by atoms with Gasteiger partial charge in [-0.05, 0) is 32.4 Å². The summed E-state index contributed by atoms with van der Waals surface area (Å²) in [6.45, 7) is 8.01. The average Bonchev–Trinajstić information content (AvgIpc) is 3.00. The zero-order valence-corrected chi connectivity index (χ0v) is 12.4. The van der Waals surface area contributed by atoms with E-state index in [9.17, 15) is 4.79 Å². The number of amides is 1. The molecule has 2 rings (SSSR count). The van der Waals surface area contributed by atoms with E-state index in [1.807, 2.05) is 6.92 Å². The van der Waals surface area contributed by atoms with E-state index in [1.54, 1.807) is 23.2 Å². The van der Waals surface area contributed by atoms with E-state index in [1.165, 1.54) is 6.42 Å². The van der Waals surface area contributed by atoms with Crippen molar-refractivity contribution < 1.29 is 4.79 Å². The van der Waals surface area contributed by atoms with E-state index in [-0.39, 0.29) is 5.91 Å². The third-order valence-corrected chi connectivity index (χ3v) is 4.47. The molecule has 1 aliphatic heterocycles. The second kappa shape index (κ2) is 6.45. The molecule has 0 radical (unpaired) electrons.